The van der Waals surface area contributed by atoms with Gasteiger partial charge in [0.1, 0.15) is 15.9 Å². The highest BCUT2D eigenvalue weighted by molar-refractivity contribution is 7.18. The number of carbonyl (C=O) groups is 2. The minimum atomic E-state index is -0.485. The van der Waals surface area contributed by atoms with Crippen molar-refractivity contribution >= 4 is 28.2 Å². The van der Waals surface area contributed by atoms with Gasteiger partial charge in [-0.25, -0.2) is 4.79 Å². The highest BCUT2D eigenvalue weighted by atomic mass is 32.1. The molecule has 0 saturated carbocycles. The van der Waals surface area contributed by atoms with E-state index in [0.717, 1.165) is 22.5 Å². The van der Waals surface area contributed by atoms with E-state index in [2.05, 4.69) is 11.4 Å². The van der Waals surface area contributed by atoms with Crippen LogP contribution < -0.4 is 5.32 Å². The summed E-state index contributed by atoms with van der Waals surface area (Å²) in [6.07, 6.45) is -0.256. The van der Waals surface area contributed by atoms with E-state index in [0.29, 0.717) is 21.0 Å². The molecular formula is C19H20N2O3S. The number of hydrogen-bond donors (Lipinski definition) is 1. The normalized spacial score (nSPS) is 10.4. The molecule has 1 N–H and O–H groups in total. The first kappa shape index (κ1) is 18.7. The predicted octanol–water partition coefficient (Wildman–Crippen LogP) is 4.36. The topological polar surface area (TPSA) is 79.2 Å². The number of nitriles is 1. The number of hydrogen-bond acceptors (Lipinski definition) is 5. The lowest BCUT2D eigenvalue weighted by atomic mass is 10.1. The SMILES string of the molecule is Cc1ccc(C(=O)Nc2sc(C(=O)OC(C)C)c(C)c2C#N)cc1C. The molecule has 1 aromatic carbocycles. The van der Waals surface area contributed by atoms with Crippen LogP contribution >= 0.6 is 11.3 Å². The van der Waals surface area contributed by atoms with Gasteiger partial charge in [0.15, 0.2) is 0 Å². The number of nitrogens with zero attached hydrogens (tertiary/aromatic N) is 1. The monoisotopic (exact) mass is 356 g/mol. The van der Waals surface area contributed by atoms with Gasteiger partial charge in [0, 0.05) is 5.56 Å². The van der Waals surface area contributed by atoms with Crippen LogP contribution in [0.4, 0.5) is 5.00 Å². The zero-order chi connectivity index (χ0) is 18.7. The van der Waals surface area contributed by atoms with Gasteiger partial charge in [-0.1, -0.05) is 6.07 Å². The van der Waals surface area contributed by atoms with Crippen LogP contribution in [-0.2, 0) is 4.74 Å². The van der Waals surface area contributed by atoms with Crippen molar-refractivity contribution in [2.24, 2.45) is 0 Å². The minimum Gasteiger partial charge on any atom is -0.459 e. The fourth-order valence-corrected chi connectivity index (χ4v) is 3.29. The Balaban J connectivity index is 2.33. The van der Waals surface area contributed by atoms with E-state index in [1.54, 1.807) is 32.9 Å². The summed E-state index contributed by atoms with van der Waals surface area (Å²) in [4.78, 5) is 25.0. The fraction of sp³-hybridized carbons (Fsp3) is 0.316. The minimum absolute atomic E-state index is 0.256. The van der Waals surface area contributed by atoms with Gasteiger partial charge in [0.25, 0.3) is 5.91 Å². The highest BCUT2D eigenvalue weighted by Gasteiger charge is 2.23. The first-order valence-electron chi connectivity index (χ1n) is 7.87. The molecule has 130 valence electrons. The van der Waals surface area contributed by atoms with Crippen LogP contribution in [-0.4, -0.2) is 18.0 Å². The quantitative estimate of drug-likeness (QED) is 0.825. The third kappa shape index (κ3) is 4.06. The van der Waals surface area contributed by atoms with Crippen molar-refractivity contribution in [3.05, 3.63) is 50.9 Å². The fourth-order valence-electron chi connectivity index (χ4n) is 2.26. The summed E-state index contributed by atoms with van der Waals surface area (Å²) in [5.41, 5.74) is 3.42. The number of carbonyl (C=O) groups excluding carboxylic acids is 2. The summed E-state index contributed by atoms with van der Waals surface area (Å²) in [5.74, 6) is -0.801. The Morgan fingerprint density at radius 3 is 2.44 bits per heavy atom. The van der Waals surface area contributed by atoms with Crippen LogP contribution in [0.1, 0.15) is 56.1 Å². The maximum Gasteiger partial charge on any atom is 0.348 e. The van der Waals surface area contributed by atoms with E-state index in [4.69, 9.17) is 4.74 Å². The van der Waals surface area contributed by atoms with Gasteiger partial charge in [-0.05, 0) is 63.4 Å². The van der Waals surface area contributed by atoms with Crippen LogP contribution in [0.3, 0.4) is 0 Å². The molecule has 5 nitrogen and oxygen atoms in total. The molecule has 1 amide bonds. The van der Waals surface area contributed by atoms with Crippen LogP contribution in [0.2, 0.25) is 0 Å². The van der Waals surface area contributed by atoms with Gasteiger partial charge >= 0.3 is 5.97 Å². The van der Waals surface area contributed by atoms with Crippen LogP contribution in [0.25, 0.3) is 0 Å². The smallest absolute Gasteiger partial charge is 0.348 e. The average Bonchev–Trinajstić information content (AvgIpc) is 2.85. The molecule has 6 heteroatoms. The van der Waals surface area contributed by atoms with Gasteiger partial charge in [-0.15, -0.1) is 11.3 Å². The summed E-state index contributed by atoms with van der Waals surface area (Å²) in [6.45, 7) is 9.10. The highest BCUT2D eigenvalue weighted by Crippen LogP contribution is 2.33. The molecule has 0 fully saturated rings. The molecule has 1 aromatic heterocycles. The third-order valence-electron chi connectivity index (χ3n) is 3.78. The number of esters is 1. The van der Waals surface area contributed by atoms with Crippen LogP contribution in [0.15, 0.2) is 18.2 Å². The van der Waals surface area contributed by atoms with Gasteiger partial charge in [-0.3, -0.25) is 4.79 Å². The number of nitrogens with one attached hydrogen (secondary N) is 1. The zero-order valence-electron chi connectivity index (χ0n) is 14.9. The molecule has 2 rings (SSSR count). The Kier molecular flexibility index (Phi) is 5.60. The molecule has 0 aliphatic carbocycles. The summed E-state index contributed by atoms with van der Waals surface area (Å²) >= 11 is 1.06. The van der Waals surface area contributed by atoms with Crippen LogP contribution in [0, 0.1) is 32.1 Å². The van der Waals surface area contributed by atoms with Gasteiger partial charge in [0.2, 0.25) is 0 Å². The number of thiophene rings is 1. The Morgan fingerprint density at radius 2 is 1.88 bits per heavy atom. The van der Waals surface area contributed by atoms with E-state index in [-0.39, 0.29) is 17.6 Å². The second-order valence-electron chi connectivity index (χ2n) is 6.08. The molecule has 0 aliphatic rings. The summed E-state index contributed by atoms with van der Waals surface area (Å²) < 4.78 is 5.20. The third-order valence-corrected chi connectivity index (χ3v) is 4.97. The maximum absolute atomic E-state index is 12.5. The summed E-state index contributed by atoms with van der Waals surface area (Å²) in [7, 11) is 0. The molecule has 2 aromatic rings. The first-order valence-corrected chi connectivity index (χ1v) is 8.69. The van der Waals surface area contributed by atoms with Crippen molar-refractivity contribution in [2.45, 2.75) is 40.7 Å². The Hall–Kier alpha value is -2.65. The molecular weight excluding hydrogens is 336 g/mol. The van der Waals surface area contributed by atoms with Gasteiger partial charge in [0.05, 0.1) is 11.7 Å². The van der Waals surface area contributed by atoms with E-state index < -0.39 is 5.97 Å². The standard InChI is InChI=1S/C19H20N2O3S/c1-10(2)24-19(23)16-13(5)15(9-20)18(25-16)21-17(22)14-7-6-11(3)12(4)8-14/h6-8,10H,1-5H3,(H,21,22). The van der Waals surface area contributed by atoms with E-state index in [1.807, 2.05) is 19.9 Å². The summed E-state index contributed by atoms with van der Waals surface area (Å²) in [6, 6.07) is 7.46. The number of benzene rings is 1. The molecule has 0 bridgehead atoms. The molecule has 0 radical (unpaired) electrons. The Labute approximate surface area is 151 Å². The van der Waals surface area contributed by atoms with Crippen molar-refractivity contribution in [1.29, 1.82) is 5.26 Å². The van der Waals surface area contributed by atoms with Crippen molar-refractivity contribution < 1.29 is 14.3 Å². The second kappa shape index (κ2) is 7.49. The number of aryl methyl sites for hydroxylation is 2. The van der Waals surface area contributed by atoms with Crippen molar-refractivity contribution in [3.8, 4) is 6.07 Å². The predicted molar refractivity (Wildman–Crippen MR) is 98.2 cm³/mol. The lowest BCUT2D eigenvalue weighted by Gasteiger charge is -2.06. The second-order valence-corrected chi connectivity index (χ2v) is 7.10. The first-order chi connectivity index (χ1) is 11.7. The average molecular weight is 356 g/mol. The van der Waals surface area contributed by atoms with E-state index >= 15 is 0 Å². The molecule has 0 unspecified atom stereocenters. The van der Waals surface area contributed by atoms with Crippen molar-refractivity contribution in [2.75, 3.05) is 5.32 Å². The van der Waals surface area contributed by atoms with Gasteiger partial charge in [-0.2, -0.15) is 5.26 Å². The molecule has 0 aliphatic heterocycles. The molecule has 0 saturated heterocycles. The molecule has 25 heavy (non-hydrogen) atoms. The van der Waals surface area contributed by atoms with E-state index in [1.165, 1.54) is 0 Å². The lowest BCUT2D eigenvalue weighted by molar-refractivity contribution is 0.0383. The Bertz CT molecular complexity index is 876. The number of rotatable bonds is 4. The van der Waals surface area contributed by atoms with Crippen LogP contribution in [0.5, 0.6) is 0 Å². The van der Waals surface area contributed by atoms with Crippen molar-refractivity contribution in [1.82, 2.24) is 0 Å². The number of ether oxygens (including phenoxy) is 1. The lowest BCUT2D eigenvalue weighted by Crippen LogP contribution is -2.12. The molecule has 0 spiro atoms. The van der Waals surface area contributed by atoms with E-state index in [9.17, 15) is 14.9 Å². The Morgan fingerprint density at radius 1 is 1.20 bits per heavy atom. The molecule has 1 heterocycles. The van der Waals surface area contributed by atoms with Crippen molar-refractivity contribution in [3.63, 3.8) is 0 Å². The summed E-state index contributed by atoms with van der Waals surface area (Å²) in [5, 5.41) is 12.5. The maximum atomic E-state index is 12.5. The number of amides is 1. The largest absolute Gasteiger partial charge is 0.459 e. The number of anilines is 1. The van der Waals surface area contributed by atoms with Gasteiger partial charge < -0.3 is 10.1 Å². The molecule has 0 atom stereocenters. The zero-order valence-corrected chi connectivity index (χ0v) is 15.7.